The van der Waals surface area contributed by atoms with E-state index in [1.165, 1.54) is 0 Å². The molecule has 3 aromatic rings. The maximum absolute atomic E-state index is 12.2. The van der Waals surface area contributed by atoms with Crippen molar-refractivity contribution < 1.29 is 9.53 Å². The molecule has 0 atom stereocenters. The number of nitrogens with one attached hydrogen (secondary N) is 2. The van der Waals surface area contributed by atoms with E-state index < -0.39 is 0 Å². The number of aromatic nitrogens is 4. The molecule has 1 aromatic carbocycles. The van der Waals surface area contributed by atoms with Crippen molar-refractivity contribution in [2.45, 2.75) is 13.0 Å². The molecule has 0 fully saturated rings. The number of amides is 1. The number of benzene rings is 1. The predicted molar refractivity (Wildman–Crippen MR) is 94.8 cm³/mol. The molecule has 0 spiro atoms. The second-order valence-corrected chi connectivity index (χ2v) is 5.87. The van der Waals surface area contributed by atoms with Gasteiger partial charge in [-0.3, -0.25) is 14.6 Å². The first-order valence-corrected chi connectivity index (χ1v) is 8.19. The van der Waals surface area contributed by atoms with Crippen LogP contribution in [-0.4, -0.2) is 39.5 Å². The van der Waals surface area contributed by atoms with E-state index in [0.29, 0.717) is 29.5 Å². The Bertz CT molecular complexity index is 858. The van der Waals surface area contributed by atoms with Gasteiger partial charge in [0.15, 0.2) is 0 Å². The molecule has 0 aliphatic rings. The van der Waals surface area contributed by atoms with Gasteiger partial charge >= 0.3 is 0 Å². The first-order chi connectivity index (χ1) is 12.2. The van der Waals surface area contributed by atoms with Gasteiger partial charge in [-0.25, -0.2) is 0 Å². The zero-order valence-electron chi connectivity index (χ0n) is 13.7. The normalized spacial score (nSPS) is 10.6. The van der Waals surface area contributed by atoms with Crippen LogP contribution in [0.3, 0.4) is 0 Å². The van der Waals surface area contributed by atoms with Crippen molar-refractivity contribution >= 4 is 17.5 Å². The maximum atomic E-state index is 12.2. The first kappa shape index (κ1) is 17.0. The Morgan fingerprint density at radius 1 is 1.40 bits per heavy atom. The monoisotopic (exact) mass is 359 g/mol. The molecule has 130 valence electrons. The van der Waals surface area contributed by atoms with Gasteiger partial charge in [0.2, 0.25) is 0 Å². The van der Waals surface area contributed by atoms with E-state index in [9.17, 15) is 4.79 Å². The highest BCUT2D eigenvalue weighted by atomic mass is 35.5. The first-order valence-electron chi connectivity index (χ1n) is 7.81. The van der Waals surface area contributed by atoms with Crippen LogP contribution in [0.5, 0.6) is 5.75 Å². The van der Waals surface area contributed by atoms with E-state index in [-0.39, 0.29) is 5.91 Å². The van der Waals surface area contributed by atoms with Crippen LogP contribution >= 0.6 is 11.6 Å². The number of hydrogen-bond donors (Lipinski definition) is 2. The zero-order valence-corrected chi connectivity index (χ0v) is 14.5. The number of rotatable bonds is 7. The smallest absolute Gasteiger partial charge is 0.269 e. The molecule has 0 unspecified atom stereocenters. The maximum Gasteiger partial charge on any atom is 0.269 e. The highest BCUT2D eigenvalue weighted by Gasteiger charge is 2.11. The number of nitrogens with zero attached hydrogens (tertiary/aromatic N) is 3. The van der Waals surface area contributed by atoms with Crippen LogP contribution in [0.25, 0.3) is 11.3 Å². The van der Waals surface area contributed by atoms with E-state index in [1.54, 1.807) is 30.3 Å². The second-order valence-electron chi connectivity index (χ2n) is 5.43. The molecular weight excluding hydrogens is 342 g/mol. The van der Waals surface area contributed by atoms with Gasteiger partial charge in [-0.05, 0) is 24.6 Å². The Labute approximate surface area is 150 Å². The number of aryl methyl sites for hydroxylation is 1. The molecule has 7 nitrogen and oxygen atoms in total. The molecule has 0 saturated heterocycles. The average Bonchev–Trinajstić information content (AvgIpc) is 3.28. The highest BCUT2D eigenvalue weighted by Crippen LogP contribution is 2.22. The number of ether oxygens (including phenoxy) is 1. The molecule has 3 rings (SSSR count). The van der Waals surface area contributed by atoms with Gasteiger partial charge in [0, 0.05) is 24.8 Å². The lowest BCUT2D eigenvalue weighted by molar-refractivity contribution is 0.0947. The number of carbonyl (C=O) groups excluding carboxylic acids is 1. The van der Waals surface area contributed by atoms with Crippen molar-refractivity contribution in [3.05, 3.63) is 53.4 Å². The summed E-state index contributed by atoms with van der Waals surface area (Å²) in [4.78, 5) is 12.2. The molecule has 2 heterocycles. The largest absolute Gasteiger partial charge is 0.497 e. The average molecular weight is 360 g/mol. The Balaban J connectivity index is 1.53. The summed E-state index contributed by atoms with van der Waals surface area (Å²) in [6.07, 6.45) is 4.09. The standard InChI is InChI=1S/C17H18ClN5O2/c1-25-14-5-2-4-12(8-14)15-9-16(22-21-15)17(24)19-6-3-7-23-11-13(18)10-20-23/h2,4-5,8-11H,3,6-7H2,1H3,(H,19,24)(H,21,22). The number of hydrogen-bond acceptors (Lipinski definition) is 4. The summed E-state index contributed by atoms with van der Waals surface area (Å²) < 4.78 is 6.94. The highest BCUT2D eigenvalue weighted by molar-refractivity contribution is 6.30. The van der Waals surface area contributed by atoms with Crippen LogP contribution in [-0.2, 0) is 6.54 Å². The van der Waals surface area contributed by atoms with Gasteiger partial charge in [-0.1, -0.05) is 23.7 Å². The van der Waals surface area contributed by atoms with E-state index in [0.717, 1.165) is 17.7 Å². The van der Waals surface area contributed by atoms with Crippen LogP contribution < -0.4 is 10.1 Å². The fourth-order valence-corrected chi connectivity index (χ4v) is 2.52. The number of carbonyl (C=O) groups is 1. The minimum absolute atomic E-state index is 0.194. The topological polar surface area (TPSA) is 84.8 Å². The van der Waals surface area contributed by atoms with Crippen molar-refractivity contribution in [1.82, 2.24) is 25.3 Å². The van der Waals surface area contributed by atoms with Gasteiger partial charge in [0.1, 0.15) is 11.4 Å². The molecule has 0 radical (unpaired) electrons. The summed E-state index contributed by atoms with van der Waals surface area (Å²) >= 11 is 5.80. The van der Waals surface area contributed by atoms with Gasteiger partial charge in [-0.15, -0.1) is 0 Å². The summed E-state index contributed by atoms with van der Waals surface area (Å²) in [6.45, 7) is 1.22. The minimum Gasteiger partial charge on any atom is -0.497 e. The Hall–Kier alpha value is -2.80. The third-order valence-corrected chi connectivity index (χ3v) is 3.83. The molecule has 8 heteroatoms. The van der Waals surface area contributed by atoms with E-state index in [2.05, 4.69) is 20.6 Å². The third kappa shape index (κ3) is 4.39. The van der Waals surface area contributed by atoms with Crippen LogP contribution in [0.4, 0.5) is 0 Å². The molecular formula is C17H18ClN5O2. The third-order valence-electron chi connectivity index (χ3n) is 3.64. The number of methoxy groups -OCH3 is 1. The minimum atomic E-state index is -0.194. The molecule has 0 bridgehead atoms. The van der Waals surface area contributed by atoms with Gasteiger partial charge < -0.3 is 10.1 Å². The summed E-state index contributed by atoms with van der Waals surface area (Å²) in [5, 5.41) is 14.5. The zero-order chi connectivity index (χ0) is 17.6. The molecule has 0 saturated carbocycles. The molecule has 1 amide bonds. The van der Waals surface area contributed by atoms with Gasteiger partial charge in [0.05, 0.1) is 24.0 Å². The van der Waals surface area contributed by atoms with Crippen molar-refractivity contribution in [3.63, 3.8) is 0 Å². The van der Waals surface area contributed by atoms with Crippen LogP contribution in [0.2, 0.25) is 5.02 Å². The summed E-state index contributed by atoms with van der Waals surface area (Å²) in [5.74, 6) is 0.547. The van der Waals surface area contributed by atoms with Crippen LogP contribution in [0.15, 0.2) is 42.7 Å². The van der Waals surface area contributed by atoms with Crippen molar-refractivity contribution in [2.24, 2.45) is 0 Å². The molecule has 0 aliphatic carbocycles. The quantitative estimate of drug-likeness (QED) is 0.635. The van der Waals surface area contributed by atoms with Crippen molar-refractivity contribution in [2.75, 3.05) is 13.7 Å². The molecule has 0 aliphatic heterocycles. The second kappa shape index (κ2) is 7.85. The Morgan fingerprint density at radius 3 is 3.04 bits per heavy atom. The number of H-pyrrole nitrogens is 1. The summed E-state index contributed by atoms with van der Waals surface area (Å²) in [6, 6.07) is 9.24. The Morgan fingerprint density at radius 2 is 2.28 bits per heavy atom. The molecule has 2 N–H and O–H groups in total. The molecule has 25 heavy (non-hydrogen) atoms. The van der Waals surface area contributed by atoms with E-state index >= 15 is 0 Å². The fraction of sp³-hybridized carbons (Fsp3) is 0.235. The lowest BCUT2D eigenvalue weighted by atomic mass is 10.1. The van der Waals surface area contributed by atoms with Crippen molar-refractivity contribution in [3.8, 4) is 17.0 Å². The summed E-state index contributed by atoms with van der Waals surface area (Å²) in [5.41, 5.74) is 1.99. The lowest BCUT2D eigenvalue weighted by Crippen LogP contribution is -2.25. The van der Waals surface area contributed by atoms with Crippen LogP contribution in [0.1, 0.15) is 16.9 Å². The van der Waals surface area contributed by atoms with Gasteiger partial charge in [-0.2, -0.15) is 10.2 Å². The number of aromatic amines is 1. The SMILES string of the molecule is COc1cccc(-c2cc(C(=O)NCCCn3cc(Cl)cn3)[nH]n2)c1. The molecule has 2 aromatic heterocycles. The van der Waals surface area contributed by atoms with Gasteiger partial charge in [0.25, 0.3) is 5.91 Å². The van der Waals surface area contributed by atoms with E-state index in [4.69, 9.17) is 16.3 Å². The lowest BCUT2D eigenvalue weighted by Gasteiger charge is -2.03. The number of halogens is 1. The van der Waals surface area contributed by atoms with Crippen molar-refractivity contribution in [1.29, 1.82) is 0 Å². The predicted octanol–water partition coefficient (Wildman–Crippen LogP) is 2.76. The van der Waals surface area contributed by atoms with E-state index in [1.807, 2.05) is 24.3 Å². The Kier molecular flexibility index (Phi) is 5.35. The fourth-order valence-electron chi connectivity index (χ4n) is 2.37. The van der Waals surface area contributed by atoms with Crippen LogP contribution in [0, 0.1) is 0 Å². The summed E-state index contributed by atoms with van der Waals surface area (Å²) in [7, 11) is 1.61.